The van der Waals surface area contributed by atoms with E-state index in [4.69, 9.17) is 17.8 Å². The second kappa shape index (κ2) is 18.3. The number of aliphatic hydroxyl groups excluding tert-OH is 1. The number of aliphatic hydroxyl groups is 3. The normalized spacial score (nSPS) is 13.2. The molecule has 0 bridgehead atoms. The summed E-state index contributed by atoms with van der Waals surface area (Å²) in [6, 6.07) is 24.8. The number of aromatic nitrogens is 2. The van der Waals surface area contributed by atoms with Crippen LogP contribution in [-0.2, 0) is 11.6 Å². The van der Waals surface area contributed by atoms with Gasteiger partial charge in [-0.05, 0) is 91.1 Å². The molecule has 0 radical (unpaired) electrons. The topological polar surface area (TPSA) is 98.7 Å². The molecule has 0 amide bonds. The van der Waals surface area contributed by atoms with Crippen LogP contribution in [0.2, 0.25) is 6.32 Å². The monoisotopic (exact) mass is 861 g/mol. The molecule has 0 fully saturated rings. The van der Waals surface area contributed by atoms with Crippen LogP contribution in [0.1, 0.15) is 11.4 Å². The Morgan fingerprint density at radius 2 is 1.15 bits per heavy atom. The maximum Gasteiger partial charge on any atom is 0.177 e. The maximum atomic E-state index is 12.5. The number of aromatic hydroxyl groups is 1. The van der Waals surface area contributed by atoms with E-state index in [1.165, 1.54) is 18.8 Å². The van der Waals surface area contributed by atoms with Crippen molar-refractivity contribution in [1.29, 1.82) is 0 Å². The van der Waals surface area contributed by atoms with E-state index in [1.54, 1.807) is 15.7 Å². The third kappa shape index (κ3) is 8.11. The lowest BCUT2D eigenvalue weighted by Crippen LogP contribution is -2.54. The number of para-hydroxylation sites is 2. The predicted molar refractivity (Wildman–Crippen MR) is 324 cm³/mol. The Labute approximate surface area is 408 Å². The largest absolute Gasteiger partial charge is 0.514 e. The van der Waals surface area contributed by atoms with Crippen molar-refractivity contribution < 1.29 is 20.4 Å². The van der Waals surface area contributed by atoms with Crippen molar-refractivity contribution in [3.8, 4) is 58.4 Å². The zero-order valence-corrected chi connectivity index (χ0v) is 41.7. The second-order valence-electron chi connectivity index (χ2n) is 19.1. The van der Waals surface area contributed by atoms with Crippen molar-refractivity contribution in [3.05, 3.63) is 118 Å². The number of phenols is 1. The molecule has 67 heavy (non-hydrogen) atoms. The Kier molecular flexibility index (Phi) is 13.4. The van der Waals surface area contributed by atoms with Gasteiger partial charge in [0.2, 0.25) is 0 Å². The fourth-order valence-corrected chi connectivity index (χ4v) is 9.84. The lowest BCUT2D eigenvalue weighted by molar-refractivity contribution is -0.100. The molecule has 0 saturated heterocycles. The number of phenolic OH excluding ortho intramolecular Hbond substituents is 1. The zero-order valence-electron chi connectivity index (χ0n) is 41.7. The van der Waals surface area contributed by atoms with Crippen LogP contribution in [0.5, 0.6) is 5.75 Å². The van der Waals surface area contributed by atoms with Crippen molar-refractivity contribution in [3.63, 3.8) is 0 Å². The molecule has 0 atom stereocenters. The van der Waals surface area contributed by atoms with Gasteiger partial charge in [-0.2, -0.15) is 0 Å². The Morgan fingerprint density at radius 3 is 1.69 bits per heavy atom. The van der Waals surface area contributed by atoms with Crippen molar-refractivity contribution >= 4 is 181 Å². The summed E-state index contributed by atoms with van der Waals surface area (Å²) in [6.07, 6.45) is 13.3. The highest BCUT2D eigenvalue weighted by Gasteiger charge is 2.42. The molecule has 0 aliphatic heterocycles. The second-order valence-corrected chi connectivity index (χ2v) is 19.1. The molecule has 0 unspecified atom stereocenters. The van der Waals surface area contributed by atoms with Crippen molar-refractivity contribution in [1.82, 2.24) is 9.55 Å². The summed E-state index contributed by atoms with van der Waals surface area (Å²) in [5.41, 5.74) is 16.9. The van der Waals surface area contributed by atoms with Crippen LogP contribution in [0.25, 0.3) is 60.5 Å². The minimum atomic E-state index is -2.02. The standard InChI is InChI=1S/C47H50B14N2O4/c1-3-19(30(35(50)25(49)4-2)36(51)28(64)18-48)17-24-31-33(38(53)41(56)40(55)37(31)52)29(34-32(24)44(65)43(58)42(57)39(34)54)22-11-9-20(10-12-22)21-13-15-23(16-14-21)63-27-8-6-5-7-26(27)62-45(63)46(59,60)47(61,66)67/h1-2,5-16,64-67H,17-18,48-61H2/b30-19+,35-25-,36-28-. The van der Waals surface area contributed by atoms with Gasteiger partial charge in [-0.3, -0.25) is 4.57 Å². The molecule has 0 saturated carbocycles. The average molecular weight is 858 g/mol. The number of fused-ring (bicyclic) bond motifs is 3. The summed E-state index contributed by atoms with van der Waals surface area (Å²) >= 11 is 0. The van der Waals surface area contributed by atoms with Gasteiger partial charge in [-0.15, -0.1) is 23.8 Å². The zero-order chi connectivity index (χ0) is 49.2. The molecule has 314 valence electrons. The van der Waals surface area contributed by atoms with E-state index in [9.17, 15) is 20.4 Å². The molecule has 4 N–H and O–H groups in total. The summed E-state index contributed by atoms with van der Waals surface area (Å²) in [7, 11) is 27.6. The van der Waals surface area contributed by atoms with Gasteiger partial charge in [0.05, 0.1) is 16.8 Å². The van der Waals surface area contributed by atoms with Crippen LogP contribution in [0.15, 0.2) is 106 Å². The van der Waals surface area contributed by atoms with Gasteiger partial charge in [0.1, 0.15) is 119 Å². The smallest absolute Gasteiger partial charge is 0.177 e. The lowest BCUT2D eigenvalue weighted by Gasteiger charge is -2.36. The molecule has 1 heterocycles. The molecule has 1 aromatic heterocycles. The summed E-state index contributed by atoms with van der Waals surface area (Å²) in [5.74, 6) is 6.88. The molecule has 7 aromatic rings. The van der Waals surface area contributed by atoms with Crippen molar-refractivity contribution in [2.24, 2.45) is 0 Å². The molecular formula is C47H50B14N2O4. The summed E-state index contributed by atoms with van der Waals surface area (Å²) in [6.45, 7) is 0. The van der Waals surface area contributed by atoms with Gasteiger partial charge < -0.3 is 20.4 Å². The number of benzene rings is 6. The van der Waals surface area contributed by atoms with Crippen molar-refractivity contribution in [2.45, 2.75) is 23.6 Å². The molecule has 6 aromatic carbocycles. The van der Waals surface area contributed by atoms with Crippen LogP contribution >= 0.6 is 0 Å². The van der Waals surface area contributed by atoms with E-state index in [2.05, 4.69) is 95.3 Å². The van der Waals surface area contributed by atoms with E-state index < -0.39 is 10.9 Å². The molecule has 0 aliphatic carbocycles. The number of hydrogen-bond acceptors (Lipinski definition) is 5. The summed E-state index contributed by atoms with van der Waals surface area (Å²) < 4.78 is 2.01. The quantitative estimate of drug-likeness (QED) is 0.0274. The van der Waals surface area contributed by atoms with Crippen LogP contribution in [0.3, 0.4) is 0 Å². The third-order valence-corrected chi connectivity index (χ3v) is 15.2. The Hall–Kier alpha value is -5.92. The van der Waals surface area contributed by atoms with Gasteiger partial charge in [-0.25, -0.2) is 4.98 Å². The van der Waals surface area contributed by atoms with Gasteiger partial charge in [0.15, 0.2) is 7.85 Å². The minimum Gasteiger partial charge on any atom is -0.514 e. The fraction of sp³-hybridized carbons (Fsp3) is 0.0851. The highest BCUT2D eigenvalue weighted by molar-refractivity contribution is 6.68. The van der Waals surface area contributed by atoms with E-state index in [0.717, 1.165) is 110 Å². The number of rotatable bonds is 10. The first kappa shape index (κ1) is 49.0. The average Bonchev–Trinajstić information content (AvgIpc) is 3.72. The Bertz CT molecular complexity index is 3330. The molecule has 6 nitrogen and oxygen atoms in total. The Morgan fingerprint density at radius 1 is 0.642 bits per heavy atom. The molecular weight excluding hydrogens is 808 g/mol. The molecule has 7 rings (SSSR count). The highest BCUT2D eigenvalue weighted by atomic mass is 16.5. The first-order valence-electron chi connectivity index (χ1n) is 23.1. The number of allylic oxidation sites excluding steroid dienone is 6. The number of nitrogens with zero attached hydrogens (tertiary/aromatic N) is 2. The number of terminal acetylenes is 2. The van der Waals surface area contributed by atoms with Gasteiger partial charge >= 0.3 is 0 Å². The lowest BCUT2D eigenvalue weighted by atomic mass is 9.45. The van der Waals surface area contributed by atoms with Crippen LogP contribution in [0.4, 0.5) is 0 Å². The maximum absolute atomic E-state index is 12.5. The SMILES string of the molecule is BC\C(O)=C(B)/C(=C(\C#C)Cc1c2c(B)c(B)c(B)c(B)c2c(-c2ccc(-c3ccc(-n4c(C(B)(B)C(B)(O)O)nc5ccccc54)cc3)cc2)c2c(B)c(B)c(B)c(O)c12)C(/B)=C(/B)C#C. The molecule has 20 heteroatoms. The van der Waals surface area contributed by atoms with Crippen molar-refractivity contribution in [2.75, 3.05) is 0 Å². The minimum absolute atomic E-state index is 0.233. The van der Waals surface area contributed by atoms with Crippen LogP contribution in [-0.4, -0.2) is 146 Å². The molecule has 0 spiro atoms. The van der Waals surface area contributed by atoms with Crippen LogP contribution < -0.4 is 38.2 Å². The van der Waals surface area contributed by atoms with E-state index in [0.29, 0.717) is 29.6 Å². The van der Waals surface area contributed by atoms with Gasteiger partial charge in [0, 0.05) is 28.3 Å². The number of imidazole rings is 1. The Balaban J connectivity index is 1.49. The first-order chi connectivity index (χ1) is 31.5. The van der Waals surface area contributed by atoms with E-state index in [-0.39, 0.29) is 11.5 Å². The fourth-order valence-electron chi connectivity index (χ4n) is 9.84. The van der Waals surface area contributed by atoms with Crippen LogP contribution in [0, 0.1) is 24.7 Å². The van der Waals surface area contributed by atoms with Gasteiger partial charge in [-0.1, -0.05) is 93.2 Å². The third-order valence-electron chi connectivity index (χ3n) is 15.2. The summed E-state index contributed by atoms with van der Waals surface area (Å²) in [5, 5.41) is 48.2. The molecule has 0 aliphatic rings. The van der Waals surface area contributed by atoms with Gasteiger partial charge in [0.25, 0.3) is 0 Å². The predicted octanol–water partition coefficient (Wildman–Crippen LogP) is -10.1. The van der Waals surface area contributed by atoms with E-state index >= 15 is 0 Å². The van der Waals surface area contributed by atoms with E-state index in [1.807, 2.05) is 80.2 Å². The number of hydrogen-bond donors (Lipinski definition) is 4. The first-order valence-corrected chi connectivity index (χ1v) is 23.1. The summed E-state index contributed by atoms with van der Waals surface area (Å²) in [4.78, 5) is 4.89. The highest BCUT2D eigenvalue weighted by Crippen LogP contribution is 2.42.